The number of nitrogens with one attached hydrogen (secondary N) is 1. The van der Waals surface area contributed by atoms with Crippen molar-refractivity contribution in [3.05, 3.63) is 53.7 Å². The van der Waals surface area contributed by atoms with Crippen LogP contribution in [0.4, 0.5) is 14.6 Å². The second-order valence-electron chi connectivity index (χ2n) is 5.48. The van der Waals surface area contributed by atoms with Crippen molar-refractivity contribution in [1.82, 2.24) is 15.5 Å². The minimum absolute atomic E-state index is 0.221. The molecular weight excluding hydrogens is 286 g/mol. The van der Waals surface area contributed by atoms with E-state index in [2.05, 4.69) is 20.4 Å². The molecule has 0 spiro atoms. The minimum Gasteiger partial charge on any atom is -0.354 e. The van der Waals surface area contributed by atoms with Crippen LogP contribution < -0.4 is 10.2 Å². The fraction of sp³-hybridized carbons (Fsp3) is 0.375. The summed E-state index contributed by atoms with van der Waals surface area (Å²) in [7, 11) is 0. The third kappa shape index (κ3) is 3.57. The summed E-state index contributed by atoms with van der Waals surface area (Å²) in [6, 6.07) is 7.56. The molecule has 2 aromatic rings. The number of halogens is 2. The molecular formula is C16H18F2N4. The summed E-state index contributed by atoms with van der Waals surface area (Å²) < 4.78 is 26.8. The van der Waals surface area contributed by atoms with Gasteiger partial charge in [0.25, 0.3) is 0 Å². The Morgan fingerprint density at radius 2 is 2.18 bits per heavy atom. The molecule has 116 valence electrons. The maximum atomic E-state index is 13.6. The zero-order chi connectivity index (χ0) is 15.4. The van der Waals surface area contributed by atoms with Crippen LogP contribution in [0, 0.1) is 11.6 Å². The first-order chi connectivity index (χ1) is 10.7. The molecule has 22 heavy (non-hydrogen) atoms. The van der Waals surface area contributed by atoms with Gasteiger partial charge in [0, 0.05) is 37.4 Å². The van der Waals surface area contributed by atoms with Gasteiger partial charge in [-0.25, -0.2) is 8.78 Å². The molecule has 0 amide bonds. The lowest BCUT2D eigenvalue weighted by atomic mass is 10.1. The second kappa shape index (κ2) is 6.79. The molecule has 1 N–H and O–H groups in total. The molecule has 4 nitrogen and oxygen atoms in total. The van der Waals surface area contributed by atoms with Crippen molar-refractivity contribution in [1.29, 1.82) is 0 Å². The Morgan fingerprint density at radius 1 is 1.27 bits per heavy atom. The highest BCUT2D eigenvalue weighted by molar-refractivity contribution is 5.37. The Kier molecular flexibility index (Phi) is 4.58. The zero-order valence-electron chi connectivity index (χ0n) is 12.2. The quantitative estimate of drug-likeness (QED) is 0.942. The number of rotatable bonds is 4. The summed E-state index contributed by atoms with van der Waals surface area (Å²) in [6.45, 7) is 2.05. The molecule has 3 rings (SSSR count). The number of aromatic nitrogens is 2. The molecule has 2 heterocycles. The lowest BCUT2D eigenvalue weighted by Gasteiger charge is -2.33. The van der Waals surface area contributed by atoms with E-state index in [0.717, 1.165) is 37.8 Å². The van der Waals surface area contributed by atoms with Gasteiger partial charge < -0.3 is 10.2 Å². The molecule has 0 bridgehead atoms. The van der Waals surface area contributed by atoms with Gasteiger partial charge in [-0.1, -0.05) is 0 Å². The van der Waals surface area contributed by atoms with Crippen molar-refractivity contribution < 1.29 is 8.78 Å². The summed E-state index contributed by atoms with van der Waals surface area (Å²) in [6.07, 6.45) is 3.68. The van der Waals surface area contributed by atoms with E-state index in [1.807, 2.05) is 12.1 Å². The van der Waals surface area contributed by atoms with Crippen LogP contribution in [0.25, 0.3) is 0 Å². The van der Waals surface area contributed by atoms with E-state index < -0.39 is 5.82 Å². The SMILES string of the molecule is Fc1ccc(F)c(CN[C@@H]2CCCN(c3cccnn3)C2)c1. The van der Waals surface area contributed by atoms with Gasteiger partial charge in [0.2, 0.25) is 0 Å². The molecule has 1 aliphatic rings. The predicted octanol–water partition coefficient (Wildman–Crippen LogP) is 2.51. The number of benzene rings is 1. The monoisotopic (exact) mass is 304 g/mol. The number of hydrogen-bond donors (Lipinski definition) is 1. The van der Waals surface area contributed by atoms with Crippen LogP contribution in [0.5, 0.6) is 0 Å². The molecule has 1 aromatic heterocycles. The van der Waals surface area contributed by atoms with Gasteiger partial charge in [-0.3, -0.25) is 0 Å². The molecule has 1 atom stereocenters. The smallest absolute Gasteiger partial charge is 0.151 e. The van der Waals surface area contributed by atoms with Crippen molar-refractivity contribution in [2.45, 2.75) is 25.4 Å². The van der Waals surface area contributed by atoms with Crippen LogP contribution in [0.2, 0.25) is 0 Å². The van der Waals surface area contributed by atoms with E-state index in [-0.39, 0.29) is 11.9 Å². The van der Waals surface area contributed by atoms with Crippen molar-refractivity contribution >= 4 is 5.82 Å². The summed E-state index contributed by atoms with van der Waals surface area (Å²) in [5.41, 5.74) is 0.358. The van der Waals surface area contributed by atoms with Crippen LogP contribution >= 0.6 is 0 Å². The molecule has 0 aliphatic carbocycles. The third-order valence-electron chi connectivity index (χ3n) is 3.89. The van der Waals surface area contributed by atoms with E-state index in [1.165, 1.54) is 12.1 Å². The Balaban J connectivity index is 1.60. The van der Waals surface area contributed by atoms with Crippen LogP contribution in [0.3, 0.4) is 0 Å². The molecule has 0 unspecified atom stereocenters. The second-order valence-corrected chi connectivity index (χ2v) is 5.48. The molecule has 6 heteroatoms. The van der Waals surface area contributed by atoms with E-state index in [1.54, 1.807) is 6.20 Å². The van der Waals surface area contributed by atoms with Gasteiger partial charge in [-0.2, -0.15) is 5.10 Å². The van der Waals surface area contributed by atoms with E-state index in [4.69, 9.17) is 0 Å². The van der Waals surface area contributed by atoms with E-state index in [9.17, 15) is 8.78 Å². The molecule has 1 saturated heterocycles. The molecule has 0 saturated carbocycles. The Hall–Kier alpha value is -2.08. The van der Waals surface area contributed by atoms with Crippen molar-refractivity contribution in [2.75, 3.05) is 18.0 Å². The average molecular weight is 304 g/mol. The topological polar surface area (TPSA) is 41.0 Å². The first kappa shape index (κ1) is 14.8. The predicted molar refractivity (Wildman–Crippen MR) is 80.5 cm³/mol. The first-order valence-corrected chi connectivity index (χ1v) is 7.42. The summed E-state index contributed by atoms with van der Waals surface area (Å²) in [5.74, 6) is 0.0597. The van der Waals surface area contributed by atoms with Crippen LogP contribution in [0.15, 0.2) is 36.5 Å². The van der Waals surface area contributed by atoms with Gasteiger partial charge in [0.15, 0.2) is 5.82 Å². The fourth-order valence-corrected chi connectivity index (χ4v) is 2.75. The molecule has 0 radical (unpaired) electrons. The van der Waals surface area contributed by atoms with Gasteiger partial charge in [-0.05, 0) is 43.2 Å². The van der Waals surface area contributed by atoms with Gasteiger partial charge >= 0.3 is 0 Å². The van der Waals surface area contributed by atoms with Gasteiger partial charge in [0.05, 0.1) is 0 Å². The van der Waals surface area contributed by atoms with E-state index >= 15 is 0 Å². The van der Waals surface area contributed by atoms with Crippen LogP contribution in [-0.4, -0.2) is 29.3 Å². The Bertz CT molecular complexity index is 621. The van der Waals surface area contributed by atoms with E-state index in [0.29, 0.717) is 12.1 Å². The lowest BCUT2D eigenvalue weighted by Crippen LogP contribution is -2.45. The van der Waals surface area contributed by atoms with Gasteiger partial charge in [-0.15, -0.1) is 5.10 Å². The zero-order valence-corrected chi connectivity index (χ0v) is 12.2. The highest BCUT2D eigenvalue weighted by atomic mass is 19.1. The Morgan fingerprint density at radius 3 is 3.00 bits per heavy atom. The standard InChI is InChI=1S/C16H18F2N4/c17-13-5-6-15(18)12(9-13)10-19-14-3-2-8-22(11-14)16-4-1-7-20-21-16/h1,4-7,9,14,19H,2-3,8,10-11H2/t14-/m1/s1. The van der Waals surface area contributed by atoms with Crippen LogP contribution in [0.1, 0.15) is 18.4 Å². The first-order valence-electron chi connectivity index (χ1n) is 7.42. The lowest BCUT2D eigenvalue weighted by molar-refractivity contribution is 0.415. The largest absolute Gasteiger partial charge is 0.354 e. The van der Waals surface area contributed by atoms with Crippen molar-refractivity contribution in [2.24, 2.45) is 0 Å². The summed E-state index contributed by atoms with van der Waals surface area (Å²) in [5, 5.41) is 11.3. The Labute approximate surface area is 128 Å². The maximum absolute atomic E-state index is 13.6. The summed E-state index contributed by atoms with van der Waals surface area (Å²) in [4.78, 5) is 2.16. The van der Waals surface area contributed by atoms with Crippen molar-refractivity contribution in [3.8, 4) is 0 Å². The summed E-state index contributed by atoms with van der Waals surface area (Å²) >= 11 is 0. The van der Waals surface area contributed by atoms with Crippen molar-refractivity contribution in [3.63, 3.8) is 0 Å². The maximum Gasteiger partial charge on any atom is 0.151 e. The number of nitrogens with zero attached hydrogens (tertiary/aromatic N) is 3. The third-order valence-corrected chi connectivity index (χ3v) is 3.89. The fourth-order valence-electron chi connectivity index (χ4n) is 2.75. The average Bonchev–Trinajstić information content (AvgIpc) is 2.57. The highest BCUT2D eigenvalue weighted by Gasteiger charge is 2.21. The molecule has 1 fully saturated rings. The number of piperidine rings is 1. The number of hydrogen-bond acceptors (Lipinski definition) is 4. The minimum atomic E-state index is -0.414. The van der Waals surface area contributed by atoms with Gasteiger partial charge in [0.1, 0.15) is 11.6 Å². The molecule has 1 aromatic carbocycles. The molecule has 1 aliphatic heterocycles. The number of anilines is 1. The highest BCUT2D eigenvalue weighted by Crippen LogP contribution is 2.17. The normalized spacial score (nSPS) is 18.5. The van der Waals surface area contributed by atoms with Crippen LogP contribution in [-0.2, 0) is 6.54 Å².